The van der Waals surface area contributed by atoms with E-state index in [0.29, 0.717) is 0 Å². The number of rotatable bonds is 3. The maximum Gasteiger partial charge on any atom is 0.249 e. The van der Waals surface area contributed by atoms with Gasteiger partial charge in [0, 0.05) is 14.2 Å². The van der Waals surface area contributed by atoms with E-state index in [1.54, 1.807) is 0 Å². The van der Waals surface area contributed by atoms with Crippen LogP contribution in [0.5, 0.6) is 0 Å². The van der Waals surface area contributed by atoms with E-state index in [9.17, 15) is 4.79 Å². The minimum Gasteiger partial charge on any atom is -0.493 e. The largest absolute Gasteiger partial charge is 0.493 e. The van der Waals surface area contributed by atoms with Crippen molar-refractivity contribution in [2.24, 2.45) is 0 Å². The molecule has 1 aliphatic rings. The monoisotopic (exact) mass is 218 g/mol. The van der Waals surface area contributed by atoms with E-state index in [0.717, 1.165) is 0 Å². The summed E-state index contributed by atoms with van der Waals surface area (Å²) in [5, 5.41) is -0.0290. The summed E-state index contributed by atoms with van der Waals surface area (Å²) in [4.78, 5) is 11.2. The zero-order chi connectivity index (χ0) is 10.8. The van der Waals surface area contributed by atoms with Gasteiger partial charge in [0.25, 0.3) is 0 Å². The number of carbonyl (C=O) groups is 1. The highest BCUT2D eigenvalue weighted by Gasteiger charge is 2.40. The van der Waals surface area contributed by atoms with Crippen molar-refractivity contribution in [3.63, 3.8) is 0 Å². The van der Waals surface area contributed by atoms with Crippen molar-refractivity contribution in [1.82, 2.24) is 0 Å². The molecule has 0 bridgehead atoms. The number of hydrogen-bond donors (Lipinski definition) is 0. The molecule has 0 aliphatic heterocycles. The Hall–Kier alpha value is -0.840. The minimum absolute atomic E-state index is 0.0290. The van der Waals surface area contributed by atoms with Crippen LogP contribution in [0, 0.1) is 0 Å². The molecule has 1 aliphatic carbocycles. The third-order valence-corrected chi connectivity index (χ3v) is 2.35. The van der Waals surface area contributed by atoms with E-state index in [4.69, 9.17) is 25.8 Å². The first kappa shape index (κ1) is 11.2. The number of allylic oxidation sites excluding steroid dienone is 2. The van der Waals surface area contributed by atoms with Gasteiger partial charge in [-0.05, 0) is 12.2 Å². The Bertz CT molecular complexity index is 302. The van der Waals surface area contributed by atoms with Gasteiger partial charge < -0.3 is 14.2 Å². The summed E-state index contributed by atoms with van der Waals surface area (Å²) in [7, 11) is 4.27. The quantitative estimate of drug-likeness (QED) is 0.668. The zero-order valence-corrected chi connectivity index (χ0v) is 8.92. The van der Waals surface area contributed by atoms with E-state index in [2.05, 4.69) is 0 Å². The van der Waals surface area contributed by atoms with Crippen molar-refractivity contribution in [2.45, 2.75) is 5.79 Å². The minimum atomic E-state index is -1.19. The number of ketones is 1. The fourth-order valence-electron chi connectivity index (χ4n) is 1.24. The van der Waals surface area contributed by atoms with E-state index in [1.165, 1.54) is 33.5 Å². The molecule has 0 N–H and O–H groups in total. The molecule has 0 saturated carbocycles. The van der Waals surface area contributed by atoms with Gasteiger partial charge in [0.05, 0.1) is 7.11 Å². The lowest BCUT2D eigenvalue weighted by Gasteiger charge is -2.31. The van der Waals surface area contributed by atoms with Gasteiger partial charge in [0.15, 0.2) is 5.76 Å². The summed E-state index contributed by atoms with van der Waals surface area (Å²) in [6, 6.07) is 0. The molecule has 0 atom stereocenters. The lowest BCUT2D eigenvalue weighted by Crippen LogP contribution is -2.38. The summed E-state index contributed by atoms with van der Waals surface area (Å²) in [6.45, 7) is 0. The first-order valence-electron chi connectivity index (χ1n) is 3.89. The van der Waals surface area contributed by atoms with Crippen LogP contribution in [0.1, 0.15) is 0 Å². The van der Waals surface area contributed by atoms with Crippen LogP contribution in [-0.2, 0) is 19.0 Å². The maximum atomic E-state index is 11.2. The molecule has 0 aromatic carbocycles. The van der Waals surface area contributed by atoms with Gasteiger partial charge in [-0.3, -0.25) is 4.79 Å². The zero-order valence-electron chi connectivity index (χ0n) is 8.17. The Morgan fingerprint density at radius 1 is 1.29 bits per heavy atom. The number of halogens is 1. The number of carbonyl (C=O) groups excluding carboxylic acids is 1. The van der Waals surface area contributed by atoms with Gasteiger partial charge >= 0.3 is 0 Å². The Balaban J connectivity index is 3.21. The predicted octanol–water partition coefficient (Wildman–Crippen LogP) is 1.21. The number of hydrogen-bond acceptors (Lipinski definition) is 4. The predicted molar refractivity (Wildman–Crippen MR) is 50.8 cm³/mol. The second-order valence-corrected chi connectivity index (χ2v) is 3.00. The molecule has 0 saturated heterocycles. The molecule has 0 aromatic rings. The van der Waals surface area contributed by atoms with Gasteiger partial charge in [-0.1, -0.05) is 11.6 Å². The Morgan fingerprint density at radius 2 is 1.86 bits per heavy atom. The Morgan fingerprint density at radius 3 is 2.29 bits per heavy atom. The average Bonchev–Trinajstić information content (AvgIpc) is 2.22. The van der Waals surface area contributed by atoms with Gasteiger partial charge in [0.2, 0.25) is 11.6 Å². The summed E-state index contributed by atoms with van der Waals surface area (Å²) < 4.78 is 15.2. The highest BCUT2D eigenvalue weighted by atomic mass is 35.5. The standard InChI is InChI=1S/C9H11ClO4/c1-12-8-7(10)6(11)4-5-9(8,13-2)14-3/h4-5H,1-3H3. The van der Waals surface area contributed by atoms with Crippen LogP contribution in [-0.4, -0.2) is 32.9 Å². The van der Waals surface area contributed by atoms with Crippen molar-refractivity contribution >= 4 is 17.4 Å². The third kappa shape index (κ3) is 1.56. The maximum absolute atomic E-state index is 11.2. The smallest absolute Gasteiger partial charge is 0.249 e. The molecular formula is C9H11ClO4. The lowest BCUT2D eigenvalue weighted by molar-refractivity contribution is -0.167. The van der Waals surface area contributed by atoms with Gasteiger partial charge in [-0.2, -0.15) is 0 Å². The van der Waals surface area contributed by atoms with Crippen LogP contribution in [0.15, 0.2) is 22.9 Å². The Kier molecular flexibility index (Phi) is 3.31. The molecule has 0 unspecified atom stereocenters. The van der Waals surface area contributed by atoms with Crippen LogP contribution in [0.2, 0.25) is 0 Å². The number of methoxy groups -OCH3 is 3. The van der Waals surface area contributed by atoms with Crippen molar-refractivity contribution < 1.29 is 19.0 Å². The highest BCUT2D eigenvalue weighted by Crippen LogP contribution is 2.32. The molecule has 0 radical (unpaired) electrons. The SMILES string of the molecule is COC1=C(Cl)C(=O)C=CC1(OC)OC. The van der Waals surface area contributed by atoms with E-state index >= 15 is 0 Å². The molecule has 14 heavy (non-hydrogen) atoms. The molecule has 0 aromatic heterocycles. The fourth-order valence-corrected chi connectivity index (χ4v) is 1.51. The molecular weight excluding hydrogens is 208 g/mol. The topological polar surface area (TPSA) is 44.8 Å². The molecule has 0 fully saturated rings. The van der Waals surface area contributed by atoms with Gasteiger partial charge in [-0.25, -0.2) is 0 Å². The fraction of sp³-hybridized carbons (Fsp3) is 0.444. The molecule has 4 nitrogen and oxygen atoms in total. The second kappa shape index (κ2) is 4.13. The van der Waals surface area contributed by atoms with E-state index < -0.39 is 5.79 Å². The van der Waals surface area contributed by atoms with Crippen LogP contribution >= 0.6 is 11.6 Å². The molecule has 1 rings (SSSR count). The summed E-state index contributed by atoms with van der Waals surface area (Å²) in [5.41, 5.74) is 0. The average molecular weight is 219 g/mol. The summed E-state index contributed by atoms with van der Waals surface area (Å²) in [5.74, 6) is -1.36. The first-order chi connectivity index (χ1) is 6.61. The molecule has 0 amide bonds. The van der Waals surface area contributed by atoms with Crippen molar-refractivity contribution in [3.05, 3.63) is 22.9 Å². The van der Waals surface area contributed by atoms with E-state index in [1.807, 2.05) is 0 Å². The van der Waals surface area contributed by atoms with Gasteiger partial charge in [0.1, 0.15) is 5.03 Å². The van der Waals surface area contributed by atoms with Crippen molar-refractivity contribution in [1.29, 1.82) is 0 Å². The van der Waals surface area contributed by atoms with Crippen LogP contribution in [0.25, 0.3) is 0 Å². The van der Waals surface area contributed by atoms with Crippen molar-refractivity contribution in [3.8, 4) is 0 Å². The van der Waals surface area contributed by atoms with Crippen molar-refractivity contribution in [2.75, 3.05) is 21.3 Å². The molecule has 0 spiro atoms. The molecule has 5 heteroatoms. The summed E-state index contributed by atoms with van der Waals surface area (Å²) >= 11 is 5.77. The van der Waals surface area contributed by atoms with Crippen LogP contribution < -0.4 is 0 Å². The number of ether oxygens (including phenoxy) is 3. The second-order valence-electron chi connectivity index (χ2n) is 2.62. The van der Waals surface area contributed by atoms with Crippen LogP contribution in [0.3, 0.4) is 0 Å². The van der Waals surface area contributed by atoms with E-state index in [-0.39, 0.29) is 16.6 Å². The molecule has 78 valence electrons. The molecule has 0 heterocycles. The highest BCUT2D eigenvalue weighted by molar-refractivity contribution is 6.44. The third-order valence-electron chi connectivity index (χ3n) is 2.00. The first-order valence-corrected chi connectivity index (χ1v) is 4.27. The lowest BCUT2D eigenvalue weighted by atomic mass is 10.1. The summed E-state index contributed by atoms with van der Waals surface area (Å²) in [6.07, 6.45) is 2.75. The normalized spacial score (nSPS) is 20.1. The van der Waals surface area contributed by atoms with Gasteiger partial charge in [-0.15, -0.1) is 0 Å². The van der Waals surface area contributed by atoms with Crippen LogP contribution in [0.4, 0.5) is 0 Å². The Labute approximate surface area is 87.1 Å².